The molecule has 0 unspecified atom stereocenters. The van der Waals surface area contributed by atoms with Gasteiger partial charge < -0.3 is 9.67 Å². The molecule has 0 aromatic carbocycles. The average molecular weight is 328 g/mol. The molecule has 0 radical (unpaired) electrons. The molecule has 0 aliphatic carbocycles. The van der Waals surface area contributed by atoms with Crippen LogP contribution in [0.5, 0.6) is 0 Å². The summed E-state index contributed by atoms with van der Waals surface area (Å²) < 4.78 is 3.93. The molecule has 0 spiro atoms. The largest absolute Gasteiger partial charge is 0.481 e. The summed E-state index contributed by atoms with van der Waals surface area (Å²) in [5.74, 6) is 0.344. The Morgan fingerprint density at radius 1 is 1.38 bits per heavy atom. The molecule has 0 aliphatic rings. The molecule has 0 saturated carbocycles. The number of carboxylic acid groups (broad SMARTS) is 1. The Bertz CT molecular complexity index is 636. The number of carbonyl (C=O) groups is 1. The van der Waals surface area contributed by atoms with Crippen LogP contribution in [0.4, 0.5) is 0 Å². The van der Waals surface area contributed by atoms with Gasteiger partial charge in [0.05, 0.1) is 11.4 Å². The van der Waals surface area contributed by atoms with Crippen LogP contribution in [-0.2, 0) is 18.4 Å². The van der Waals surface area contributed by atoms with E-state index in [-0.39, 0.29) is 5.75 Å². The van der Waals surface area contributed by atoms with Gasteiger partial charge in [-0.3, -0.25) is 9.48 Å². The number of fused-ring (bicyclic) bond motifs is 1. The predicted octanol–water partition coefficient (Wildman–Crippen LogP) is 2.40. The molecule has 0 atom stereocenters. The molecular formula is C13H20N4O2S2. The van der Waals surface area contributed by atoms with Gasteiger partial charge in [-0.2, -0.15) is 16.9 Å². The minimum absolute atomic E-state index is 0.0284. The van der Waals surface area contributed by atoms with Gasteiger partial charge >= 0.3 is 5.97 Å². The first-order valence-corrected chi connectivity index (χ1v) is 9.16. The highest BCUT2D eigenvalue weighted by Gasteiger charge is 2.18. The quantitative estimate of drug-likeness (QED) is 0.592. The van der Waals surface area contributed by atoms with Gasteiger partial charge in [-0.1, -0.05) is 11.8 Å². The lowest BCUT2D eigenvalue weighted by atomic mass is 10.3. The maximum absolute atomic E-state index is 10.8. The first-order valence-electron chi connectivity index (χ1n) is 6.78. The zero-order chi connectivity index (χ0) is 15.4. The van der Waals surface area contributed by atoms with E-state index in [1.54, 1.807) is 0 Å². The van der Waals surface area contributed by atoms with Crippen molar-refractivity contribution in [3.63, 3.8) is 0 Å². The van der Waals surface area contributed by atoms with Crippen LogP contribution >= 0.6 is 23.5 Å². The van der Waals surface area contributed by atoms with Gasteiger partial charge in [0.2, 0.25) is 0 Å². The smallest absolute Gasteiger partial charge is 0.313 e. The van der Waals surface area contributed by atoms with E-state index in [1.165, 1.54) is 11.8 Å². The monoisotopic (exact) mass is 328 g/mol. The maximum atomic E-state index is 10.8. The minimum atomic E-state index is -0.823. The molecule has 2 heterocycles. The Labute approximate surface area is 132 Å². The van der Waals surface area contributed by atoms with Crippen LogP contribution in [0.25, 0.3) is 11.2 Å². The van der Waals surface area contributed by atoms with Crippen LogP contribution in [-0.4, -0.2) is 48.2 Å². The molecule has 0 saturated heterocycles. The van der Waals surface area contributed by atoms with E-state index in [0.29, 0.717) is 0 Å². The molecule has 2 rings (SSSR count). The first-order chi connectivity index (χ1) is 10.0. The van der Waals surface area contributed by atoms with E-state index >= 15 is 0 Å². The highest BCUT2D eigenvalue weighted by molar-refractivity contribution is 7.99. The topological polar surface area (TPSA) is 72.9 Å². The van der Waals surface area contributed by atoms with Gasteiger partial charge in [0.15, 0.2) is 10.8 Å². The van der Waals surface area contributed by atoms with Crippen LogP contribution in [0.15, 0.2) is 5.16 Å². The lowest BCUT2D eigenvalue weighted by molar-refractivity contribution is -0.133. The number of aliphatic carboxylic acids is 1. The van der Waals surface area contributed by atoms with Gasteiger partial charge in [-0.25, -0.2) is 4.98 Å². The second-order valence-electron chi connectivity index (χ2n) is 4.81. The van der Waals surface area contributed by atoms with Gasteiger partial charge in [0.25, 0.3) is 0 Å². The third kappa shape index (κ3) is 3.74. The molecule has 1 N–H and O–H groups in total. The van der Waals surface area contributed by atoms with E-state index in [9.17, 15) is 4.79 Å². The van der Waals surface area contributed by atoms with Crippen LogP contribution in [0.1, 0.15) is 18.5 Å². The number of hydrogen-bond donors (Lipinski definition) is 1. The number of aryl methyl sites for hydroxylation is 3. The molecule has 0 fully saturated rings. The van der Waals surface area contributed by atoms with Crippen molar-refractivity contribution in [2.75, 3.05) is 17.8 Å². The third-order valence-electron chi connectivity index (χ3n) is 3.16. The minimum Gasteiger partial charge on any atom is -0.481 e. The van der Waals surface area contributed by atoms with E-state index in [0.717, 1.165) is 47.2 Å². The number of rotatable bonds is 8. The van der Waals surface area contributed by atoms with Crippen molar-refractivity contribution in [2.24, 2.45) is 7.05 Å². The van der Waals surface area contributed by atoms with Crippen molar-refractivity contribution >= 4 is 40.7 Å². The number of aromatic nitrogens is 4. The fraction of sp³-hybridized carbons (Fsp3) is 0.615. The highest BCUT2D eigenvalue weighted by atomic mass is 32.2. The van der Waals surface area contributed by atoms with E-state index < -0.39 is 5.97 Å². The van der Waals surface area contributed by atoms with Crippen molar-refractivity contribution in [3.05, 3.63) is 5.69 Å². The molecule has 116 valence electrons. The normalized spacial score (nSPS) is 11.4. The zero-order valence-corrected chi connectivity index (χ0v) is 14.1. The second kappa shape index (κ2) is 7.22. The van der Waals surface area contributed by atoms with Crippen LogP contribution in [0.3, 0.4) is 0 Å². The molecule has 21 heavy (non-hydrogen) atoms. The highest BCUT2D eigenvalue weighted by Crippen LogP contribution is 2.26. The summed E-state index contributed by atoms with van der Waals surface area (Å²) in [6.07, 6.45) is 4.30. The maximum Gasteiger partial charge on any atom is 0.313 e. The Morgan fingerprint density at radius 2 is 2.14 bits per heavy atom. The summed E-state index contributed by atoms with van der Waals surface area (Å²) in [5.41, 5.74) is 2.73. The first kappa shape index (κ1) is 16.2. The van der Waals surface area contributed by atoms with Crippen LogP contribution in [0, 0.1) is 6.92 Å². The molecular weight excluding hydrogens is 308 g/mol. The van der Waals surface area contributed by atoms with Crippen molar-refractivity contribution in [1.29, 1.82) is 0 Å². The Morgan fingerprint density at radius 3 is 2.81 bits per heavy atom. The van der Waals surface area contributed by atoms with Crippen LogP contribution < -0.4 is 0 Å². The zero-order valence-electron chi connectivity index (χ0n) is 12.5. The number of imidazole rings is 1. The third-order valence-corrected chi connectivity index (χ3v) is 4.82. The SMILES string of the molecule is CSCCCCn1c(SCC(=O)O)nc2c(C)nn(C)c21. The fourth-order valence-electron chi connectivity index (χ4n) is 2.27. The number of unbranched alkanes of at least 4 members (excludes halogenated alkanes) is 1. The van der Waals surface area contributed by atoms with Crippen molar-refractivity contribution < 1.29 is 9.90 Å². The summed E-state index contributed by atoms with van der Waals surface area (Å²) in [5, 5.41) is 14.0. The molecule has 8 heteroatoms. The summed E-state index contributed by atoms with van der Waals surface area (Å²) in [4.78, 5) is 15.4. The second-order valence-corrected chi connectivity index (χ2v) is 6.74. The molecule has 6 nitrogen and oxygen atoms in total. The number of nitrogens with zero attached hydrogens (tertiary/aromatic N) is 4. The molecule has 0 bridgehead atoms. The number of hydrogen-bond acceptors (Lipinski definition) is 5. The Balaban J connectivity index is 2.27. The van der Waals surface area contributed by atoms with Gasteiger partial charge in [0, 0.05) is 13.6 Å². The van der Waals surface area contributed by atoms with Crippen molar-refractivity contribution in [1.82, 2.24) is 19.3 Å². The summed E-state index contributed by atoms with van der Waals surface area (Å²) in [6.45, 7) is 2.77. The lowest BCUT2D eigenvalue weighted by Crippen LogP contribution is -2.07. The van der Waals surface area contributed by atoms with Gasteiger partial charge in [-0.05, 0) is 31.8 Å². The van der Waals surface area contributed by atoms with Crippen molar-refractivity contribution in [2.45, 2.75) is 31.5 Å². The Hall–Kier alpha value is -1.15. The van der Waals surface area contributed by atoms with Gasteiger partial charge in [0.1, 0.15) is 5.52 Å². The standard InChI is InChI=1S/C13H20N4O2S2/c1-9-11-12(16(2)15-9)17(6-4-5-7-20-3)13(14-11)21-8-10(18)19/h4-8H2,1-3H3,(H,18,19). The fourth-order valence-corrected chi connectivity index (χ4v) is 3.50. The van der Waals surface area contributed by atoms with E-state index in [1.807, 2.05) is 30.4 Å². The molecule has 0 aliphatic heterocycles. The van der Waals surface area contributed by atoms with Gasteiger partial charge in [-0.15, -0.1) is 0 Å². The molecule has 2 aromatic rings. The molecule has 2 aromatic heterocycles. The van der Waals surface area contributed by atoms with E-state index in [4.69, 9.17) is 5.11 Å². The Kier molecular flexibility index (Phi) is 5.58. The van der Waals surface area contributed by atoms with Crippen molar-refractivity contribution in [3.8, 4) is 0 Å². The van der Waals surface area contributed by atoms with Crippen LogP contribution in [0.2, 0.25) is 0 Å². The summed E-state index contributed by atoms with van der Waals surface area (Å²) in [7, 11) is 1.90. The average Bonchev–Trinajstić information content (AvgIpc) is 2.92. The predicted molar refractivity (Wildman–Crippen MR) is 87.2 cm³/mol. The number of thioether (sulfide) groups is 2. The number of carboxylic acids is 1. The summed E-state index contributed by atoms with van der Waals surface area (Å²) >= 11 is 3.12. The van der Waals surface area contributed by atoms with E-state index in [2.05, 4.69) is 20.9 Å². The summed E-state index contributed by atoms with van der Waals surface area (Å²) in [6, 6.07) is 0. The lowest BCUT2D eigenvalue weighted by Gasteiger charge is -2.08. The molecule has 0 amide bonds.